The predicted molar refractivity (Wildman–Crippen MR) is 81.8 cm³/mol. The van der Waals surface area contributed by atoms with Crippen LogP contribution >= 0.6 is 0 Å². The lowest BCUT2D eigenvalue weighted by Crippen LogP contribution is -2.15. The maximum atomic E-state index is 11.3. The molecule has 1 aromatic rings. The van der Waals surface area contributed by atoms with Gasteiger partial charge in [0.05, 0.1) is 24.0 Å². The van der Waals surface area contributed by atoms with Gasteiger partial charge in [-0.15, -0.1) is 0 Å². The van der Waals surface area contributed by atoms with Gasteiger partial charge in [0.1, 0.15) is 0 Å². The third-order valence-corrected chi connectivity index (χ3v) is 2.93. The number of hydrogen-bond acceptors (Lipinski definition) is 6. The van der Waals surface area contributed by atoms with Crippen LogP contribution in [0.15, 0.2) is 12.1 Å². The lowest BCUT2D eigenvalue weighted by Gasteiger charge is -2.14. The topological polar surface area (TPSA) is 173 Å². The summed E-state index contributed by atoms with van der Waals surface area (Å²) in [5.74, 6) is -4.87. The molecule has 0 saturated heterocycles. The van der Waals surface area contributed by atoms with E-state index in [4.69, 9.17) is 10.2 Å². The summed E-state index contributed by atoms with van der Waals surface area (Å²) in [4.78, 5) is 43.6. The fourth-order valence-electron chi connectivity index (χ4n) is 1.85. The first-order chi connectivity index (χ1) is 11.2. The molecule has 0 radical (unpaired) electrons. The molecule has 0 spiro atoms. The zero-order valence-electron chi connectivity index (χ0n) is 12.4. The van der Waals surface area contributed by atoms with E-state index in [0.717, 1.165) is 12.1 Å². The minimum atomic E-state index is -1.34. The van der Waals surface area contributed by atoms with Crippen LogP contribution in [0.5, 0.6) is 0 Å². The molecule has 0 aliphatic heterocycles. The number of anilines is 2. The number of carboxylic acid groups (broad SMARTS) is 4. The van der Waals surface area contributed by atoms with E-state index in [-0.39, 0.29) is 48.4 Å². The van der Waals surface area contributed by atoms with Gasteiger partial charge in [-0.05, 0) is 12.1 Å². The van der Waals surface area contributed by atoms with Gasteiger partial charge in [0.25, 0.3) is 0 Å². The van der Waals surface area contributed by atoms with Crippen LogP contribution in [0.2, 0.25) is 0 Å². The molecule has 0 saturated carbocycles. The van der Waals surface area contributed by atoms with Crippen molar-refractivity contribution in [1.29, 1.82) is 0 Å². The summed E-state index contributed by atoms with van der Waals surface area (Å²) in [5, 5.41) is 40.8. The Morgan fingerprint density at radius 1 is 0.708 bits per heavy atom. The van der Waals surface area contributed by atoms with Crippen molar-refractivity contribution in [2.75, 3.05) is 23.7 Å². The number of aromatic carboxylic acids is 2. The van der Waals surface area contributed by atoms with E-state index < -0.39 is 23.9 Å². The van der Waals surface area contributed by atoms with Crippen molar-refractivity contribution in [3.05, 3.63) is 23.3 Å². The summed E-state index contributed by atoms with van der Waals surface area (Å²) in [6.07, 6.45) is -0.555. The smallest absolute Gasteiger partial charge is 0.337 e. The summed E-state index contributed by atoms with van der Waals surface area (Å²) >= 11 is 0. The van der Waals surface area contributed by atoms with E-state index >= 15 is 0 Å². The molecule has 0 aromatic heterocycles. The van der Waals surface area contributed by atoms with Crippen LogP contribution in [0.3, 0.4) is 0 Å². The Bertz CT molecular complexity index is 613. The monoisotopic (exact) mass is 340 g/mol. The number of benzene rings is 1. The second-order valence-corrected chi connectivity index (χ2v) is 4.69. The van der Waals surface area contributed by atoms with Crippen molar-refractivity contribution in [3.8, 4) is 0 Å². The number of rotatable bonds is 10. The standard InChI is InChI=1S/C14H16N2O8/c17-11(18)1-3-15-9-5-8(14(23)24)10(6-7(9)13(21)22)16-4-2-12(19)20/h5-6,15-16H,1-4H2,(H,17,18)(H,19,20)(H,21,22)(H,23,24). The van der Waals surface area contributed by atoms with Crippen LogP contribution in [-0.2, 0) is 9.59 Å². The molecule has 130 valence electrons. The molecule has 10 nitrogen and oxygen atoms in total. The highest BCUT2D eigenvalue weighted by atomic mass is 16.4. The molecule has 10 heteroatoms. The van der Waals surface area contributed by atoms with Crippen molar-refractivity contribution in [3.63, 3.8) is 0 Å². The SMILES string of the molecule is O=C(O)CCNc1cc(C(=O)O)c(NCCC(=O)O)cc1C(=O)O. The van der Waals surface area contributed by atoms with Gasteiger partial charge >= 0.3 is 23.9 Å². The molecule has 0 fully saturated rings. The third kappa shape index (κ3) is 5.48. The Labute approximate surface area is 135 Å². The maximum absolute atomic E-state index is 11.3. The van der Waals surface area contributed by atoms with Gasteiger partial charge in [-0.1, -0.05) is 0 Å². The normalized spacial score (nSPS) is 10.0. The summed E-state index contributed by atoms with van der Waals surface area (Å²) in [5.41, 5.74) is -0.596. The van der Waals surface area contributed by atoms with Crippen LogP contribution in [0.25, 0.3) is 0 Å². The van der Waals surface area contributed by atoms with E-state index in [9.17, 15) is 29.4 Å². The summed E-state index contributed by atoms with van der Waals surface area (Å²) < 4.78 is 0. The van der Waals surface area contributed by atoms with Gasteiger partial charge in [-0.2, -0.15) is 0 Å². The average molecular weight is 340 g/mol. The highest BCUT2D eigenvalue weighted by Gasteiger charge is 2.19. The first-order valence-corrected chi connectivity index (χ1v) is 6.78. The van der Waals surface area contributed by atoms with Crippen molar-refractivity contribution in [2.45, 2.75) is 12.8 Å². The van der Waals surface area contributed by atoms with E-state index in [1.54, 1.807) is 0 Å². The van der Waals surface area contributed by atoms with E-state index in [2.05, 4.69) is 10.6 Å². The molecule has 0 aliphatic rings. The highest BCUT2D eigenvalue weighted by Crippen LogP contribution is 2.26. The Kier molecular flexibility index (Phi) is 6.53. The Hall–Kier alpha value is -3.30. The molecular weight excluding hydrogens is 324 g/mol. The summed E-state index contributed by atoms with van der Waals surface area (Å²) in [6.45, 7) is -0.166. The molecule has 0 atom stereocenters. The molecule has 24 heavy (non-hydrogen) atoms. The van der Waals surface area contributed by atoms with Crippen LogP contribution in [-0.4, -0.2) is 57.4 Å². The van der Waals surface area contributed by atoms with Gasteiger partial charge in [-0.25, -0.2) is 9.59 Å². The predicted octanol–water partition coefficient (Wildman–Crippen LogP) is 0.856. The Balaban J connectivity index is 3.13. The first-order valence-electron chi connectivity index (χ1n) is 6.78. The summed E-state index contributed by atoms with van der Waals surface area (Å²) in [6, 6.07) is 2.13. The van der Waals surface area contributed by atoms with Crippen molar-refractivity contribution < 1.29 is 39.6 Å². The maximum Gasteiger partial charge on any atom is 0.337 e. The number of carbonyl (C=O) groups is 4. The van der Waals surface area contributed by atoms with E-state index in [1.807, 2.05) is 0 Å². The van der Waals surface area contributed by atoms with Gasteiger partial charge in [-0.3, -0.25) is 9.59 Å². The van der Waals surface area contributed by atoms with Crippen molar-refractivity contribution >= 4 is 35.3 Å². The van der Waals surface area contributed by atoms with Gasteiger partial charge in [0.15, 0.2) is 0 Å². The number of hydrogen-bond donors (Lipinski definition) is 6. The van der Waals surface area contributed by atoms with E-state index in [0.29, 0.717) is 0 Å². The quantitative estimate of drug-likeness (QED) is 0.358. The molecule has 0 aliphatic carbocycles. The van der Waals surface area contributed by atoms with Crippen molar-refractivity contribution in [2.24, 2.45) is 0 Å². The Morgan fingerprint density at radius 3 is 1.29 bits per heavy atom. The van der Waals surface area contributed by atoms with Gasteiger partial charge in [0.2, 0.25) is 0 Å². The second kappa shape index (κ2) is 8.36. The largest absolute Gasteiger partial charge is 0.481 e. The number of aliphatic carboxylic acids is 2. The molecule has 0 bridgehead atoms. The molecule has 1 rings (SSSR count). The van der Waals surface area contributed by atoms with Crippen LogP contribution in [0, 0.1) is 0 Å². The van der Waals surface area contributed by atoms with Crippen molar-refractivity contribution in [1.82, 2.24) is 0 Å². The minimum Gasteiger partial charge on any atom is -0.481 e. The molecular formula is C14H16N2O8. The third-order valence-electron chi connectivity index (χ3n) is 2.93. The number of nitrogens with one attached hydrogen (secondary N) is 2. The zero-order valence-corrected chi connectivity index (χ0v) is 12.4. The lowest BCUT2D eigenvalue weighted by atomic mass is 10.1. The zero-order chi connectivity index (χ0) is 18.3. The molecule has 0 unspecified atom stereocenters. The average Bonchev–Trinajstić information content (AvgIpc) is 2.46. The fourth-order valence-corrected chi connectivity index (χ4v) is 1.85. The molecule has 6 N–H and O–H groups in total. The molecule has 0 heterocycles. The first kappa shape index (κ1) is 18.7. The van der Waals surface area contributed by atoms with Crippen LogP contribution in [0.4, 0.5) is 11.4 Å². The van der Waals surface area contributed by atoms with E-state index in [1.165, 1.54) is 0 Å². The number of carboxylic acids is 4. The molecule has 1 aromatic carbocycles. The fraction of sp³-hybridized carbons (Fsp3) is 0.286. The van der Waals surface area contributed by atoms with Gasteiger partial charge < -0.3 is 31.1 Å². The lowest BCUT2D eigenvalue weighted by molar-refractivity contribution is -0.137. The highest BCUT2D eigenvalue weighted by molar-refractivity contribution is 6.02. The molecule has 0 amide bonds. The van der Waals surface area contributed by atoms with Gasteiger partial charge in [0, 0.05) is 24.5 Å². The van der Waals surface area contributed by atoms with Crippen LogP contribution in [0.1, 0.15) is 33.6 Å². The minimum absolute atomic E-state index is 0.0371. The van der Waals surface area contributed by atoms with Crippen LogP contribution < -0.4 is 10.6 Å². The summed E-state index contributed by atoms with van der Waals surface area (Å²) in [7, 11) is 0. The second-order valence-electron chi connectivity index (χ2n) is 4.69. The Morgan fingerprint density at radius 2 is 1.04 bits per heavy atom.